The highest BCUT2D eigenvalue weighted by molar-refractivity contribution is 5.95. The molecule has 0 aliphatic heterocycles. The summed E-state index contributed by atoms with van der Waals surface area (Å²) in [5.41, 5.74) is 2.51. The van der Waals surface area contributed by atoms with Gasteiger partial charge >= 0.3 is 5.97 Å². The van der Waals surface area contributed by atoms with Gasteiger partial charge in [-0.05, 0) is 17.9 Å². The molecular formula is C15H17NO3. The Morgan fingerprint density at radius 1 is 1.21 bits per heavy atom. The number of rotatable bonds is 2. The lowest BCUT2D eigenvalue weighted by molar-refractivity contribution is 0.0696. The molecule has 0 fully saturated rings. The first-order chi connectivity index (χ1) is 8.80. The molecular weight excluding hydrogens is 242 g/mol. The van der Waals surface area contributed by atoms with Crippen molar-refractivity contribution in [3.05, 3.63) is 41.2 Å². The zero-order valence-electron chi connectivity index (χ0n) is 11.5. The van der Waals surface area contributed by atoms with E-state index in [1.165, 1.54) is 5.56 Å². The molecule has 1 N–H and O–H groups in total. The molecule has 2 aromatic rings. The van der Waals surface area contributed by atoms with Crippen molar-refractivity contribution in [2.75, 3.05) is 0 Å². The minimum absolute atomic E-state index is 0.0634. The highest BCUT2D eigenvalue weighted by Crippen LogP contribution is 2.28. The van der Waals surface area contributed by atoms with Crippen LogP contribution in [0.5, 0.6) is 0 Å². The van der Waals surface area contributed by atoms with E-state index >= 15 is 0 Å². The largest absolute Gasteiger partial charge is 0.477 e. The highest BCUT2D eigenvalue weighted by Gasteiger charge is 2.21. The Balaban J connectivity index is 2.46. The lowest BCUT2D eigenvalue weighted by atomic mass is 9.86. The van der Waals surface area contributed by atoms with Gasteiger partial charge < -0.3 is 9.63 Å². The fourth-order valence-corrected chi connectivity index (χ4v) is 1.95. The molecule has 100 valence electrons. The van der Waals surface area contributed by atoms with Crippen LogP contribution in [0.4, 0.5) is 0 Å². The molecule has 4 nitrogen and oxygen atoms in total. The molecule has 0 aliphatic carbocycles. The van der Waals surface area contributed by atoms with Gasteiger partial charge in [-0.3, -0.25) is 0 Å². The van der Waals surface area contributed by atoms with Crippen molar-refractivity contribution in [3.8, 4) is 11.3 Å². The van der Waals surface area contributed by atoms with E-state index in [1.807, 2.05) is 24.3 Å². The monoisotopic (exact) mass is 259 g/mol. The fourth-order valence-electron chi connectivity index (χ4n) is 1.95. The molecule has 0 amide bonds. The van der Waals surface area contributed by atoms with Crippen molar-refractivity contribution < 1.29 is 14.4 Å². The summed E-state index contributed by atoms with van der Waals surface area (Å²) in [5.74, 6) is -0.698. The summed E-state index contributed by atoms with van der Waals surface area (Å²) in [6.45, 7) is 7.99. The number of aryl methyl sites for hydroxylation is 1. The third kappa shape index (κ3) is 2.52. The first kappa shape index (κ1) is 13.3. The quantitative estimate of drug-likeness (QED) is 0.894. The smallest absolute Gasteiger partial charge is 0.341 e. The van der Waals surface area contributed by atoms with Gasteiger partial charge in [-0.15, -0.1) is 0 Å². The van der Waals surface area contributed by atoms with Crippen LogP contribution in [0.25, 0.3) is 11.3 Å². The molecule has 0 spiro atoms. The number of aromatic carboxylic acids is 1. The average molecular weight is 259 g/mol. The van der Waals surface area contributed by atoms with Crippen LogP contribution in [0.2, 0.25) is 0 Å². The zero-order valence-corrected chi connectivity index (χ0v) is 11.5. The van der Waals surface area contributed by atoms with E-state index in [4.69, 9.17) is 4.52 Å². The Morgan fingerprint density at radius 3 is 2.26 bits per heavy atom. The molecule has 0 bridgehead atoms. The van der Waals surface area contributed by atoms with E-state index in [1.54, 1.807) is 6.92 Å². The molecule has 0 atom stereocenters. The first-order valence-electron chi connectivity index (χ1n) is 6.11. The van der Waals surface area contributed by atoms with Crippen molar-refractivity contribution in [3.63, 3.8) is 0 Å². The Labute approximate surface area is 112 Å². The van der Waals surface area contributed by atoms with Gasteiger partial charge in [0.2, 0.25) is 0 Å². The zero-order chi connectivity index (χ0) is 14.2. The topological polar surface area (TPSA) is 63.3 Å². The van der Waals surface area contributed by atoms with E-state index in [0.717, 1.165) is 5.56 Å². The number of hydrogen-bond donors (Lipinski definition) is 1. The summed E-state index contributed by atoms with van der Waals surface area (Å²) in [6, 6.07) is 7.74. The molecule has 0 aliphatic rings. The van der Waals surface area contributed by atoms with E-state index in [-0.39, 0.29) is 11.0 Å². The molecule has 0 unspecified atom stereocenters. The maximum absolute atomic E-state index is 11.2. The Hall–Kier alpha value is -2.10. The molecule has 0 saturated heterocycles. The van der Waals surface area contributed by atoms with Crippen molar-refractivity contribution in [2.24, 2.45) is 0 Å². The van der Waals surface area contributed by atoms with Crippen LogP contribution < -0.4 is 0 Å². The van der Waals surface area contributed by atoms with Crippen LogP contribution in [-0.4, -0.2) is 16.2 Å². The molecule has 1 heterocycles. The molecule has 4 heteroatoms. The second-order valence-corrected chi connectivity index (χ2v) is 5.59. The molecule has 0 radical (unpaired) electrons. The molecule has 1 aromatic heterocycles. The number of hydrogen-bond acceptors (Lipinski definition) is 3. The maximum atomic E-state index is 11.2. The third-order valence-corrected chi connectivity index (χ3v) is 3.10. The van der Waals surface area contributed by atoms with Gasteiger partial charge in [-0.25, -0.2) is 4.79 Å². The second-order valence-electron chi connectivity index (χ2n) is 5.59. The van der Waals surface area contributed by atoms with Gasteiger partial charge in [0.25, 0.3) is 0 Å². The van der Waals surface area contributed by atoms with Crippen molar-refractivity contribution in [1.82, 2.24) is 5.16 Å². The highest BCUT2D eigenvalue weighted by atomic mass is 16.5. The normalized spacial score (nSPS) is 11.6. The van der Waals surface area contributed by atoms with E-state index in [2.05, 4.69) is 25.9 Å². The standard InChI is InChI=1S/C15H17NO3/c1-9-12(14(17)18)13(16-19-9)10-5-7-11(8-6-10)15(2,3)4/h5-8H,1-4H3,(H,17,18). The van der Waals surface area contributed by atoms with Crippen molar-refractivity contribution in [1.29, 1.82) is 0 Å². The number of carbonyl (C=O) groups is 1. The third-order valence-electron chi connectivity index (χ3n) is 3.10. The molecule has 19 heavy (non-hydrogen) atoms. The number of carboxylic acid groups (broad SMARTS) is 1. The summed E-state index contributed by atoms with van der Waals surface area (Å²) in [6.07, 6.45) is 0. The van der Waals surface area contributed by atoms with Crippen molar-refractivity contribution >= 4 is 5.97 Å². The SMILES string of the molecule is Cc1onc(-c2ccc(C(C)(C)C)cc2)c1C(=O)O. The van der Waals surface area contributed by atoms with Crippen LogP contribution in [0, 0.1) is 6.92 Å². The summed E-state index contributed by atoms with van der Waals surface area (Å²) < 4.78 is 4.98. The summed E-state index contributed by atoms with van der Waals surface area (Å²) in [5, 5.41) is 13.0. The van der Waals surface area contributed by atoms with E-state index in [9.17, 15) is 9.90 Å². The number of aromatic nitrogens is 1. The predicted molar refractivity (Wildman–Crippen MR) is 72.3 cm³/mol. The van der Waals surface area contributed by atoms with Crippen LogP contribution in [-0.2, 0) is 5.41 Å². The van der Waals surface area contributed by atoms with E-state index in [0.29, 0.717) is 11.5 Å². The minimum Gasteiger partial charge on any atom is -0.477 e. The lowest BCUT2D eigenvalue weighted by Gasteiger charge is -2.18. The number of nitrogens with zero attached hydrogens (tertiary/aromatic N) is 1. The fraction of sp³-hybridized carbons (Fsp3) is 0.333. The molecule has 1 aromatic carbocycles. The van der Waals surface area contributed by atoms with Crippen molar-refractivity contribution in [2.45, 2.75) is 33.1 Å². The Bertz CT molecular complexity index is 603. The predicted octanol–water partition coefficient (Wildman–Crippen LogP) is 3.65. The average Bonchev–Trinajstić information content (AvgIpc) is 2.70. The summed E-state index contributed by atoms with van der Waals surface area (Å²) >= 11 is 0. The summed E-state index contributed by atoms with van der Waals surface area (Å²) in [4.78, 5) is 11.2. The van der Waals surface area contributed by atoms with Gasteiger partial charge in [0, 0.05) is 5.56 Å². The number of benzene rings is 1. The van der Waals surface area contributed by atoms with Gasteiger partial charge in [0.15, 0.2) is 0 Å². The van der Waals surface area contributed by atoms with Crippen LogP contribution >= 0.6 is 0 Å². The maximum Gasteiger partial charge on any atom is 0.341 e. The minimum atomic E-state index is -1.02. The lowest BCUT2D eigenvalue weighted by Crippen LogP contribution is -2.10. The molecule has 0 saturated carbocycles. The van der Waals surface area contributed by atoms with Gasteiger partial charge in [0.05, 0.1) is 0 Å². The van der Waals surface area contributed by atoms with Gasteiger partial charge in [0.1, 0.15) is 17.0 Å². The van der Waals surface area contributed by atoms with Crippen LogP contribution in [0.3, 0.4) is 0 Å². The number of carboxylic acids is 1. The van der Waals surface area contributed by atoms with Gasteiger partial charge in [-0.1, -0.05) is 50.2 Å². The second kappa shape index (κ2) is 4.53. The Morgan fingerprint density at radius 2 is 1.79 bits per heavy atom. The molecule has 2 rings (SSSR count). The first-order valence-corrected chi connectivity index (χ1v) is 6.11. The van der Waals surface area contributed by atoms with Crippen LogP contribution in [0.1, 0.15) is 42.5 Å². The van der Waals surface area contributed by atoms with Crippen LogP contribution in [0.15, 0.2) is 28.8 Å². The Kier molecular flexibility index (Phi) is 3.18. The van der Waals surface area contributed by atoms with E-state index < -0.39 is 5.97 Å². The summed E-state index contributed by atoms with van der Waals surface area (Å²) in [7, 11) is 0. The van der Waals surface area contributed by atoms with Gasteiger partial charge in [-0.2, -0.15) is 0 Å².